The summed E-state index contributed by atoms with van der Waals surface area (Å²) < 4.78 is 31.9. The number of amides is 1. The molecule has 2 N–H and O–H groups in total. The van der Waals surface area contributed by atoms with Crippen molar-refractivity contribution in [3.05, 3.63) is 46.7 Å². The first kappa shape index (κ1) is 18.6. The van der Waals surface area contributed by atoms with Crippen LogP contribution in [0.2, 0.25) is 5.02 Å². The van der Waals surface area contributed by atoms with Gasteiger partial charge in [0.25, 0.3) is 5.91 Å². The number of halogens is 1. The van der Waals surface area contributed by atoms with Crippen molar-refractivity contribution in [3.8, 4) is 0 Å². The van der Waals surface area contributed by atoms with Gasteiger partial charge in [-0.2, -0.15) is 4.31 Å². The number of nitrogens with zero attached hydrogens (tertiary/aromatic N) is 1. The van der Waals surface area contributed by atoms with Crippen LogP contribution in [0.5, 0.6) is 0 Å². The Balaban J connectivity index is 1.85. The van der Waals surface area contributed by atoms with Gasteiger partial charge in [-0.3, -0.25) is 9.59 Å². The first-order valence-electron chi connectivity index (χ1n) is 7.74. The minimum Gasteiger partial charge on any atom is -0.379 e. The summed E-state index contributed by atoms with van der Waals surface area (Å²) in [5.74, 6) is -0.541. The summed E-state index contributed by atoms with van der Waals surface area (Å²) in [6, 6.07) is 5.50. The van der Waals surface area contributed by atoms with Crippen molar-refractivity contribution in [3.63, 3.8) is 0 Å². The molecule has 1 aliphatic heterocycles. The normalized spacial score (nSPS) is 15.6. The number of aldehydes is 1. The van der Waals surface area contributed by atoms with Gasteiger partial charge in [0.05, 0.1) is 28.8 Å². The molecule has 0 aliphatic carbocycles. The minimum atomic E-state index is -3.71. The third-order valence-corrected chi connectivity index (χ3v) is 6.10. The van der Waals surface area contributed by atoms with Crippen molar-refractivity contribution < 1.29 is 22.7 Å². The molecule has 2 aromatic rings. The fourth-order valence-corrected chi connectivity index (χ4v) is 4.10. The highest BCUT2D eigenvalue weighted by atomic mass is 35.5. The van der Waals surface area contributed by atoms with Crippen LogP contribution in [-0.4, -0.2) is 56.2 Å². The van der Waals surface area contributed by atoms with Crippen LogP contribution in [0, 0.1) is 0 Å². The van der Waals surface area contributed by atoms with Crippen LogP contribution in [0.1, 0.15) is 20.8 Å². The zero-order valence-electron chi connectivity index (χ0n) is 13.6. The molecule has 3 rings (SSSR count). The summed E-state index contributed by atoms with van der Waals surface area (Å²) in [5, 5.41) is 2.75. The molecule has 8 nitrogen and oxygen atoms in total. The van der Waals surface area contributed by atoms with Crippen LogP contribution >= 0.6 is 11.6 Å². The highest BCUT2D eigenvalue weighted by molar-refractivity contribution is 7.89. The number of benzene rings is 1. The van der Waals surface area contributed by atoms with E-state index in [4.69, 9.17) is 16.3 Å². The topological polar surface area (TPSA) is 109 Å². The maximum absolute atomic E-state index is 12.7. The lowest BCUT2D eigenvalue weighted by molar-refractivity contribution is 0.0730. The Hall–Kier alpha value is -2.20. The number of H-pyrrole nitrogens is 1. The molecule has 1 saturated heterocycles. The van der Waals surface area contributed by atoms with E-state index in [9.17, 15) is 18.0 Å². The first-order valence-corrected chi connectivity index (χ1v) is 9.56. The number of ether oxygens (including phenoxy) is 1. The van der Waals surface area contributed by atoms with E-state index in [0.29, 0.717) is 25.1 Å². The lowest BCUT2D eigenvalue weighted by atomic mass is 10.3. The Morgan fingerprint density at radius 2 is 2.00 bits per heavy atom. The average Bonchev–Trinajstić information content (AvgIpc) is 3.13. The maximum atomic E-state index is 12.7. The smallest absolute Gasteiger partial charge is 0.272 e. The van der Waals surface area contributed by atoms with E-state index < -0.39 is 15.9 Å². The standard InChI is InChI=1S/C16H16ClN3O5S/c17-13-2-1-12(26(23,24)20-3-5-25-6-4-20)8-14(13)19-16(22)15-7-11(10-21)9-18-15/h1-2,7-10,18H,3-6H2,(H,19,22). The van der Waals surface area contributed by atoms with Gasteiger partial charge >= 0.3 is 0 Å². The molecule has 1 aromatic carbocycles. The van der Waals surface area contributed by atoms with Crippen molar-refractivity contribution in [1.82, 2.24) is 9.29 Å². The second-order valence-corrected chi connectivity index (χ2v) is 7.92. The summed E-state index contributed by atoms with van der Waals surface area (Å²) in [6.45, 7) is 1.21. The fraction of sp³-hybridized carbons (Fsp3) is 0.250. The van der Waals surface area contributed by atoms with Crippen molar-refractivity contribution in [1.29, 1.82) is 0 Å². The number of aromatic amines is 1. The number of carbonyl (C=O) groups is 2. The molecule has 26 heavy (non-hydrogen) atoms. The predicted octanol–water partition coefficient (Wildman–Crippen LogP) is 1.75. The highest BCUT2D eigenvalue weighted by Gasteiger charge is 2.27. The zero-order chi connectivity index (χ0) is 18.7. The molecule has 2 heterocycles. The van der Waals surface area contributed by atoms with Gasteiger partial charge in [0.15, 0.2) is 6.29 Å². The summed E-state index contributed by atoms with van der Waals surface area (Å²) >= 11 is 6.09. The molecular weight excluding hydrogens is 382 g/mol. The molecule has 0 atom stereocenters. The Bertz CT molecular complexity index is 935. The Labute approximate surface area is 155 Å². The van der Waals surface area contributed by atoms with Crippen molar-refractivity contribution in [2.24, 2.45) is 0 Å². The number of nitrogens with one attached hydrogen (secondary N) is 2. The summed E-state index contributed by atoms with van der Waals surface area (Å²) in [4.78, 5) is 25.7. The molecule has 0 bridgehead atoms. The lowest BCUT2D eigenvalue weighted by Gasteiger charge is -2.26. The summed E-state index contributed by atoms with van der Waals surface area (Å²) in [7, 11) is -3.71. The van der Waals surface area contributed by atoms with Gasteiger partial charge in [0.1, 0.15) is 5.69 Å². The van der Waals surface area contributed by atoms with Crippen LogP contribution in [-0.2, 0) is 14.8 Å². The van der Waals surface area contributed by atoms with E-state index in [1.807, 2.05) is 0 Å². The maximum Gasteiger partial charge on any atom is 0.272 e. The molecule has 0 radical (unpaired) electrons. The van der Waals surface area contributed by atoms with Gasteiger partial charge in [0.2, 0.25) is 10.0 Å². The average molecular weight is 398 g/mol. The van der Waals surface area contributed by atoms with Crippen molar-refractivity contribution in [2.75, 3.05) is 31.6 Å². The van der Waals surface area contributed by atoms with Crippen LogP contribution < -0.4 is 5.32 Å². The second-order valence-electron chi connectivity index (χ2n) is 5.58. The van der Waals surface area contributed by atoms with Gasteiger partial charge in [-0.05, 0) is 24.3 Å². The number of anilines is 1. The number of sulfonamides is 1. The molecule has 0 unspecified atom stereocenters. The monoisotopic (exact) mass is 397 g/mol. The van der Waals surface area contributed by atoms with Crippen LogP contribution in [0.15, 0.2) is 35.4 Å². The van der Waals surface area contributed by atoms with Crippen molar-refractivity contribution >= 4 is 39.5 Å². The zero-order valence-corrected chi connectivity index (χ0v) is 15.1. The molecule has 0 saturated carbocycles. The Morgan fingerprint density at radius 1 is 1.27 bits per heavy atom. The first-order chi connectivity index (χ1) is 12.4. The SMILES string of the molecule is O=Cc1c[nH]c(C(=O)Nc2cc(S(=O)(=O)N3CCOCC3)ccc2Cl)c1. The van der Waals surface area contributed by atoms with Gasteiger partial charge in [0, 0.05) is 24.8 Å². The van der Waals surface area contributed by atoms with E-state index in [1.54, 1.807) is 0 Å². The number of rotatable bonds is 5. The molecule has 1 aliphatic rings. The molecule has 0 spiro atoms. The predicted molar refractivity (Wildman–Crippen MR) is 95.2 cm³/mol. The second kappa shape index (κ2) is 7.58. The van der Waals surface area contributed by atoms with E-state index in [0.717, 1.165) is 0 Å². The van der Waals surface area contributed by atoms with Crippen LogP contribution in [0.3, 0.4) is 0 Å². The fourth-order valence-electron chi connectivity index (χ4n) is 2.50. The van der Waals surface area contributed by atoms with E-state index in [-0.39, 0.29) is 34.4 Å². The van der Waals surface area contributed by atoms with Gasteiger partial charge < -0.3 is 15.0 Å². The van der Waals surface area contributed by atoms with Gasteiger partial charge in [-0.1, -0.05) is 11.6 Å². The Morgan fingerprint density at radius 3 is 2.65 bits per heavy atom. The molecule has 1 fully saturated rings. The van der Waals surface area contributed by atoms with E-state index >= 15 is 0 Å². The number of aromatic nitrogens is 1. The summed E-state index contributed by atoms with van der Waals surface area (Å²) in [6.07, 6.45) is 2.00. The number of hydrogen-bond donors (Lipinski definition) is 2. The highest BCUT2D eigenvalue weighted by Crippen LogP contribution is 2.27. The van der Waals surface area contributed by atoms with Crippen LogP contribution in [0.4, 0.5) is 5.69 Å². The summed E-state index contributed by atoms with van der Waals surface area (Å²) in [5.41, 5.74) is 0.641. The molecular formula is C16H16ClN3O5S. The quantitative estimate of drug-likeness (QED) is 0.747. The van der Waals surface area contributed by atoms with Crippen LogP contribution in [0.25, 0.3) is 0 Å². The molecule has 1 aromatic heterocycles. The van der Waals surface area contributed by atoms with E-state index in [1.165, 1.54) is 34.8 Å². The number of hydrogen-bond acceptors (Lipinski definition) is 5. The number of morpholine rings is 1. The third-order valence-electron chi connectivity index (χ3n) is 3.88. The Kier molecular flexibility index (Phi) is 5.42. The van der Waals surface area contributed by atoms with Gasteiger partial charge in [-0.15, -0.1) is 0 Å². The molecule has 138 valence electrons. The van der Waals surface area contributed by atoms with E-state index in [2.05, 4.69) is 10.3 Å². The molecule has 1 amide bonds. The number of carbonyl (C=O) groups excluding carboxylic acids is 2. The minimum absolute atomic E-state index is 0.0270. The lowest BCUT2D eigenvalue weighted by Crippen LogP contribution is -2.40. The third kappa shape index (κ3) is 3.80. The largest absolute Gasteiger partial charge is 0.379 e. The van der Waals surface area contributed by atoms with Gasteiger partial charge in [-0.25, -0.2) is 8.42 Å². The van der Waals surface area contributed by atoms with Crippen molar-refractivity contribution in [2.45, 2.75) is 4.90 Å². The molecule has 10 heteroatoms.